The van der Waals surface area contributed by atoms with E-state index in [0.29, 0.717) is 24.2 Å². The number of aromatic nitrogens is 2. The Balaban J connectivity index is 1.47. The van der Waals surface area contributed by atoms with E-state index in [1.807, 2.05) is 0 Å². The van der Waals surface area contributed by atoms with Crippen LogP contribution in [0.15, 0.2) is 42.6 Å². The fourth-order valence-electron chi connectivity index (χ4n) is 4.27. The number of pyridine rings is 1. The van der Waals surface area contributed by atoms with Crippen molar-refractivity contribution in [3.05, 3.63) is 59.7 Å². The van der Waals surface area contributed by atoms with Gasteiger partial charge in [-0.25, -0.2) is 9.37 Å². The summed E-state index contributed by atoms with van der Waals surface area (Å²) in [7, 11) is 1.56. The number of fused-ring (bicyclic) bond motifs is 1. The van der Waals surface area contributed by atoms with Crippen LogP contribution in [0.3, 0.4) is 0 Å². The Morgan fingerprint density at radius 3 is 2.62 bits per heavy atom. The molecule has 1 aliphatic carbocycles. The predicted octanol–water partition coefficient (Wildman–Crippen LogP) is 5.74. The van der Waals surface area contributed by atoms with E-state index in [1.165, 1.54) is 6.07 Å². The SMILES string of the molecule is COc1ccc(C(=O)C[C@@H]2CCC[C@H](Nc3c(F)ccc4nc(C(F)(F)F)cn34)C2)cc1. The van der Waals surface area contributed by atoms with E-state index >= 15 is 0 Å². The Kier molecular flexibility index (Phi) is 6.08. The molecule has 9 heteroatoms. The van der Waals surface area contributed by atoms with Gasteiger partial charge in [0.15, 0.2) is 17.3 Å². The summed E-state index contributed by atoms with van der Waals surface area (Å²) in [6, 6.07) is 9.10. The first-order chi connectivity index (χ1) is 15.2. The molecule has 2 atom stereocenters. The van der Waals surface area contributed by atoms with Crippen molar-refractivity contribution in [2.24, 2.45) is 5.92 Å². The molecule has 0 spiro atoms. The highest BCUT2D eigenvalue weighted by atomic mass is 19.4. The number of alkyl halides is 3. The molecular weight excluding hydrogens is 426 g/mol. The van der Waals surface area contributed by atoms with Gasteiger partial charge in [0.2, 0.25) is 0 Å². The lowest BCUT2D eigenvalue weighted by atomic mass is 9.82. The van der Waals surface area contributed by atoms with Gasteiger partial charge < -0.3 is 10.1 Å². The summed E-state index contributed by atoms with van der Waals surface area (Å²) in [6.07, 6.45) is -0.377. The van der Waals surface area contributed by atoms with Crippen molar-refractivity contribution >= 4 is 17.2 Å². The summed E-state index contributed by atoms with van der Waals surface area (Å²) in [5, 5.41) is 3.07. The molecule has 1 saturated carbocycles. The van der Waals surface area contributed by atoms with Gasteiger partial charge in [0.1, 0.15) is 17.2 Å². The number of ether oxygens (including phenoxy) is 1. The van der Waals surface area contributed by atoms with Crippen molar-refractivity contribution in [1.29, 1.82) is 0 Å². The maximum Gasteiger partial charge on any atom is 0.434 e. The molecule has 1 fully saturated rings. The van der Waals surface area contributed by atoms with Gasteiger partial charge in [-0.15, -0.1) is 0 Å². The van der Waals surface area contributed by atoms with Gasteiger partial charge >= 0.3 is 6.18 Å². The maximum atomic E-state index is 14.5. The second-order valence-electron chi connectivity index (χ2n) is 8.11. The molecule has 2 heterocycles. The van der Waals surface area contributed by atoms with E-state index in [0.717, 1.165) is 35.9 Å². The molecular formula is C23H23F4N3O2. The quantitative estimate of drug-likeness (QED) is 0.385. The summed E-state index contributed by atoms with van der Waals surface area (Å²) in [5.41, 5.74) is -0.448. The average Bonchev–Trinajstić information content (AvgIpc) is 3.21. The van der Waals surface area contributed by atoms with Crippen molar-refractivity contribution in [2.75, 3.05) is 12.4 Å². The number of hydrogen-bond donors (Lipinski definition) is 1. The molecule has 0 saturated heterocycles. The van der Waals surface area contributed by atoms with Crippen molar-refractivity contribution in [3.63, 3.8) is 0 Å². The molecule has 0 amide bonds. The van der Waals surface area contributed by atoms with Crippen LogP contribution < -0.4 is 10.1 Å². The van der Waals surface area contributed by atoms with Crippen LogP contribution in [-0.4, -0.2) is 28.3 Å². The minimum Gasteiger partial charge on any atom is -0.497 e. The lowest BCUT2D eigenvalue weighted by Crippen LogP contribution is -2.29. The zero-order valence-corrected chi connectivity index (χ0v) is 17.5. The Hall–Kier alpha value is -3.10. The van der Waals surface area contributed by atoms with Crippen LogP contribution in [0.2, 0.25) is 0 Å². The molecule has 0 aliphatic heterocycles. The van der Waals surface area contributed by atoms with E-state index in [9.17, 15) is 22.4 Å². The third-order valence-electron chi connectivity index (χ3n) is 5.88. The summed E-state index contributed by atoms with van der Waals surface area (Å²) in [4.78, 5) is 16.2. The van der Waals surface area contributed by atoms with Gasteiger partial charge in [0.05, 0.1) is 7.11 Å². The molecule has 1 N–H and O–H groups in total. The first kappa shape index (κ1) is 22.1. The molecule has 32 heavy (non-hydrogen) atoms. The first-order valence-electron chi connectivity index (χ1n) is 10.4. The number of nitrogens with zero attached hydrogens (tertiary/aromatic N) is 2. The van der Waals surface area contributed by atoms with Crippen LogP contribution in [-0.2, 0) is 6.18 Å². The van der Waals surface area contributed by atoms with Crippen LogP contribution in [0.5, 0.6) is 5.75 Å². The number of Topliss-reactive ketones (excluding diaryl/α,β-unsaturated/α-hetero) is 1. The summed E-state index contributed by atoms with van der Waals surface area (Å²) in [6.45, 7) is 0. The number of nitrogens with one attached hydrogen (secondary N) is 1. The number of imidazole rings is 1. The number of halogens is 4. The van der Waals surface area contributed by atoms with E-state index in [-0.39, 0.29) is 29.2 Å². The highest BCUT2D eigenvalue weighted by Gasteiger charge is 2.34. The number of hydrogen-bond acceptors (Lipinski definition) is 4. The van der Waals surface area contributed by atoms with Gasteiger partial charge in [0.25, 0.3) is 0 Å². The highest BCUT2D eigenvalue weighted by molar-refractivity contribution is 5.96. The topological polar surface area (TPSA) is 55.6 Å². The standard InChI is InChI=1S/C23H23F4N3O2/c1-32-17-7-5-15(6-8-17)19(31)12-14-3-2-4-16(11-14)28-22-18(24)9-10-21-29-20(13-30(21)22)23(25,26)27/h5-10,13-14,16,28H,2-4,11-12H2,1H3/t14-,16+/m1/s1. The lowest BCUT2D eigenvalue weighted by molar-refractivity contribution is -0.140. The Labute approximate surface area is 182 Å². The largest absolute Gasteiger partial charge is 0.497 e. The van der Waals surface area contributed by atoms with Crippen LogP contribution in [0, 0.1) is 11.7 Å². The van der Waals surface area contributed by atoms with Crippen LogP contribution in [0.4, 0.5) is 23.4 Å². The van der Waals surface area contributed by atoms with E-state index in [2.05, 4.69) is 10.3 Å². The van der Waals surface area contributed by atoms with Gasteiger partial charge in [0, 0.05) is 24.2 Å². The summed E-state index contributed by atoms with van der Waals surface area (Å²) < 4.78 is 59.9. The first-order valence-corrected chi connectivity index (χ1v) is 10.4. The number of methoxy groups -OCH3 is 1. The van der Waals surface area contributed by atoms with Gasteiger partial charge in [-0.2, -0.15) is 13.2 Å². The third kappa shape index (κ3) is 4.71. The van der Waals surface area contributed by atoms with Crippen LogP contribution in [0.1, 0.15) is 48.2 Å². The summed E-state index contributed by atoms with van der Waals surface area (Å²) >= 11 is 0. The van der Waals surface area contributed by atoms with Crippen molar-refractivity contribution < 1.29 is 27.1 Å². The average molecular weight is 449 g/mol. The Bertz CT molecular complexity index is 1110. The number of ketones is 1. The van der Waals surface area contributed by atoms with Crippen molar-refractivity contribution in [1.82, 2.24) is 9.38 Å². The number of carbonyl (C=O) groups excluding carboxylic acids is 1. The molecule has 0 unspecified atom stereocenters. The molecule has 1 aromatic carbocycles. The molecule has 0 radical (unpaired) electrons. The second kappa shape index (κ2) is 8.80. The normalized spacial score (nSPS) is 19.2. The fraction of sp³-hybridized carbons (Fsp3) is 0.391. The molecule has 2 aromatic heterocycles. The summed E-state index contributed by atoms with van der Waals surface area (Å²) in [5.74, 6) is 0.105. The second-order valence-corrected chi connectivity index (χ2v) is 8.11. The molecule has 1 aliphatic rings. The molecule has 170 valence electrons. The third-order valence-corrected chi connectivity index (χ3v) is 5.88. The van der Waals surface area contributed by atoms with Gasteiger partial charge in [-0.3, -0.25) is 9.20 Å². The smallest absolute Gasteiger partial charge is 0.434 e. The minimum atomic E-state index is -4.61. The molecule has 0 bridgehead atoms. The van der Waals surface area contributed by atoms with Gasteiger partial charge in [-0.05, 0) is 61.6 Å². The number of benzene rings is 1. The molecule has 4 rings (SSSR count). The molecule has 5 nitrogen and oxygen atoms in total. The van der Waals surface area contributed by atoms with Gasteiger partial charge in [-0.1, -0.05) is 6.42 Å². The zero-order chi connectivity index (χ0) is 22.9. The monoisotopic (exact) mass is 449 g/mol. The van der Waals surface area contributed by atoms with E-state index < -0.39 is 17.7 Å². The molecule has 3 aromatic rings. The minimum absolute atomic E-state index is 0.0169. The van der Waals surface area contributed by atoms with Crippen LogP contribution in [0.25, 0.3) is 5.65 Å². The van der Waals surface area contributed by atoms with E-state index in [4.69, 9.17) is 4.74 Å². The number of anilines is 1. The zero-order valence-electron chi connectivity index (χ0n) is 17.5. The van der Waals surface area contributed by atoms with E-state index in [1.54, 1.807) is 31.4 Å². The lowest BCUT2D eigenvalue weighted by Gasteiger charge is -2.30. The predicted molar refractivity (Wildman–Crippen MR) is 111 cm³/mol. The highest BCUT2D eigenvalue weighted by Crippen LogP contribution is 2.33. The fourth-order valence-corrected chi connectivity index (χ4v) is 4.27. The number of rotatable bonds is 6. The maximum absolute atomic E-state index is 14.5. The van der Waals surface area contributed by atoms with Crippen LogP contribution >= 0.6 is 0 Å². The van der Waals surface area contributed by atoms with Crippen molar-refractivity contribution in [3.8, 4) is 5.75 Å². The Morgan fingerprint density at radius 1 is 1.19 bits per heavy atom. The Morgan fingerprint density at radius 2 is 1.94 bits per heavy atom. The number of carbonyl (C=O) groups is 1. The van der Waals surface area contributed by atoms with Crippen molar-refractivity contribution in [2.45, 2.75) is 44.3 Å².